The van der Waals surface area contributed by atoms with Gasteiger partial charge in [0.1, 0.15) is 0 Å². The Labute approximate surface area is 181 Å². The van der Waals surface area contributed by atoms with Crippen LogP contribution in [0.15, 0.2) is 30.5 Å². The van der Waals surface area contributed by atoms with Crippen LogP contribution in [0.4, 0.5) is 17.6 Å². The first-order valence-corrected chi connectivity index (χ1v) is 10.7. The highest BCUT2D eigenvalue weighted by Gasteiger charge is 2.27. The number of carbonyl (C=O) groups is 1. The van der Waals surface area contributed by atoms with Crippen molar-refractivity contribution in [3.8, 4) is 0 Å². The van der Waals surface area contributed by atoms with E-state index in [0.29, 0.717) is 18.4 Å². The van der Waals surface area contributed by atoms with Crippen molar-refractivity contribution in [2.24, 2.45) is 0 Å². The maximum absolute atomic E-state index is 11.2. The van der Waals surface area contributed by atoms with Crippen LogP contribution in [0.25, 0.3) is 5.65 Å². The first-order chi connectivity index (χ1) is 15.0. The van der Waals surface area contributed by atoms with E-state index < -0.39 is 0 Å². The fraction of sp³-hybridized carbons (Fsp3) is 0.455. The highest BCUT2D eigenvalue weighted by molar-refractivity contribution is 5.88. The lowest BCUT2D eigenvalue weighted by Gasteiger charge is -2.23. The standard InChI is InChI=1S/C22H29N7O2/c1-14(2)19-12-24-29-20(19)26-22(28-10-4-5-18(28)13-30)27-21(29)23-11-16-6-8-17(9-7-16)25-15(3)31/h6-9,12,14,18,30H,4-5,10-11,13H2,1-3H3,(H,25,31)(H,23,26,27)/t18-/m1/s1. The molecule has 0 unspecified atom stereocenters. The molecule has 0 saturated carbocycles. The Hall–Kier alpha value is -3.20. The average Bonchev–Trinajstić information content (AvgIpc) is 3.39. The number of anilines is 3. The van der Waals surface area contributed by atoms with E-state index in [4.69, 9.17) is 9.97 Å². The van der Waals surface area contributed by atoms with Gasteiger partial charge in [-0.25, -0.2) is 0 Å². The van der Waals surface area contributed by atoms with E-state index in [1.807, 2.05) is 30.5 Å². The minimum Gasteiger partial charge on any atom is -0.394 e. The number of fused-ring (bicyclic) bond motifs is 1. The van der Waals surface area contributed by atoms with E-state index in [-0.39, 0.29) is 24.5 Å². The number of carbonyl (C=O) groups excluding carboxylic acids is 1. The molecule has 0 spiro atoms. The molecule has 1 aromatic carbocycles. The number of rotatable bonds is 7. The highest BCUT2D eigenvalue weighted by Crippen LogP contribution is 2.27. The molecule has 3 N–H and O–H groups in total. The predicted molar refractivity (Wildman–Crippen MR) is 120 cm³/mol. The van der Waals surface area contributed by atoms with Crippen LogP contribution < -0.4 is 15.5 Å². The van der Waals surface area contributed by atoms with E-state index >= 15 is 0 Å². The molecule has 3 heterocycles. The van der Waals surface area contributed by atoms with Gasteiger partial charge in [-0.1, -0.05) is 26.0 Å². The predicted octanol–water partition coefficient (Wildman–Crippen LogP) is 2.78. The Kier molecular flexibility index (Phi) is 6.03. The van der Waals surface area contributed by atoms with E-state index in [2.05, 4.69) is 34.5 Å². The van der Waals surface area contributed by atoms with Crippen LogP contribution >= 0.6 is 0 Å². The van der Waals surface area contributed by atoms with Crippen molar-refractivity contribution in [3.05, 3.63) is 41.6 Å². The van der Waals surface area contributed by atoms with Crippen molar-refractivity contribution in [3.63, 3.8) is 0 Å². The molecule has 1 amide bonds. The summed E-state index contributed by atoms with van der Waals surface area (Å²) in [6.07, 6.45) is 3.80. The molecule has 164 valence electrons. The molecule has 1 aliphatic rings. The Morgan fingerprint density at radius 3 is 2.71 bits per heavy atom. The first kappa shape index (κ1) is 21.0. The Morgan fingerprint density at radius 2 is 2.03 bits per heavy atom. The van der Waals surface area contributed by atoms with Crippen LogP contribution in [0.1, 0.15) is 50.7 Å². The third kappa shape index (κ3) is 4.46. The van der Waals surface area contributed by atoms with Gasteiger partial charge in [-0.05, 0) is 36.5 Å². The van der Waals surface area contributed by atoms with Crippen molar-refractivity contribution >= 4 is 29.1 Å². The van der Waals surface area contributed by atoms with Gasteiger partial charge in [-0.3, -0.25) is 4.79 Å². The van der Waals surface area contributed by atoms with Gasteiger partial charge in [0.25, 0.3) is 0 Å². The number of nitrogens with one attached hydrogen (secondary N) is 2. The smallest absolute Gasteiger partial charge is 0.231 e. The van der Waals surface area contributed by atoms with Crippen LogP contribution in [-0.2, 0) is 11.3 Å². The minimum atomic E-state index is -0.0930. The maximum Gasteiger partial charge on any atom is 0.231 e. The molecule has 4 rings (SSSR count). The van der Waals surface area contributed by atoms with E-state index in [9.17, 15) is 9.90 Å². The number of benzene rings is 1. The summed E-state index contributed by atoms with van der Waals surface area (Å²) < 4.78 is 1.74. The largest absolute Gasteiger partial charge is 0.394 e. The number of hydrogen-bond acceptors (Lipinski definition) is 7. The number of aliphatic hydroxyl groups is 1. The quantitative estimate of drug-likeness (QED) is 0.536. The monoisotopic (exact) mass is 423 g/mol. The van der Waals surface area contributed by atoms with Gasteiger partial charge in [0.15, 0.2) is 5.65 Å². The van der Waals surface area contributed by atoms with Gasteiger partial charge < -0.3 is 20.6 Å². The lowest BCUT2D eigenvalue weighted by atomic mass is 10.1. The Morgan fingerprint density at radius 1 is 1.26 bits per heavy atom. The van der Waals surface area contributed by atoms with Crippen molar-refractivity contribution in [2.45, 2.75) is 52.1 Å². The zero-order valence-corrected chi connectivity index (χ0v) is 18.2. The Bertz CT molecular complexity index is 1060. The van der Waals surface area contributed by atoms with Crippen LogP contribution in [0.3, 0.4) is 0 Å². The summed E-state index contributed by atoms with van der Waals surface area (Å²) in [6.45, 7) is 7.20. The molecule has 9 nitrogen and oxygen atoms in total. The van der Waals surface area contributed by atoms with Crippen LogP contribution in [-0.4, -0.2) is 49.8 Å². The maximum atomic E-state index is 11.2. The molecule has 0 aliphatic carbocycles. The van der Waals surface area contributed by atoms with Gasteiger partial charge in [0, 0.05) is 31.3 Å². The summed E-state index contributed by atoms with van der Waals surface area (Å²) in [6, 6.07) is 7.72. The normalized spacial score (nSPS) is 16.3. The zero-order chi connectivity index (χ0) is 22.0. The summed E-state index contributed by atoms with van der Waals surface area (Å²) in [5.74, 6) is 1.42. The molecular formula is C22H29N7O2. The number of amides is 1. The lowest BCUT2D eigenvalue weighted by Crippen LogP contribution is -2.34. The van der Waals surface area contributed by atoms with Gasteiger partial charge in [-0.2, -0.15) is 19.6 Å². The molecule has 1 fully saturated rings. The minimum absolute atomic E-state index is 0.0436. The van der Waals surface area contributed by atoms with Gasteiger partial charge in [0.05, 0.1) is 18.8 Å². The number of aliphatic hydroxyl groups excluding tert-OH is 1. The molecule has 1 saturated heterocycles. The Balaban J connectivity index is 1.63. The van der Waals surface area contributed by atoms with Gasteiger partial charge in [-0.15, -0.1) is 0 Å². The van der Waals surface area contributed by atoms with Crippen molar-refractivity contribution in [1.29, 1.82) is 0 Å². The molecule has 0 bridgehead atoms. The fourth-order valence-corrected chi connectivity index (χ4v) is 3.91. The first-order valence-electron chi connectivity index (χ1n) is 10.7. The summed E-state index contributed by atoms with van der Waals surface area (Å²) in [7, 11) is 0. The average molecular weight is 424 g/mol. The molecule has 1 aliphatic heterocycles. The van der Waals surface area contributed by atoms with Crippen molar-refractivity contribution in [1.82, 2.24) is 19.6 Å². The van der Waals surface area contributed by atoms with Gasteiger partial charge >= 0.3 is 0 Å². The van der Waals surface area contributed by atoms with E-state index in [1.54, 1.807) is 4.52 Å². The molecule has 9 heteroatoms. The molecular weight excluding hydrogens is 394 g/mol. The van der Waals surface area contributed by atoms with E-state index in [0.717, 1.165) is 41.8 Å². The SMILES string of the molecule is CC(=O)Nc1ccc(CNc2nc(N3CCC[C@@H]3CO)nc3c(C(C)C)cnn23)cc1. The van der Waals surface area contributed by atoms with Crippen LogP contribution in [0.5, 0.6) is 0 Å². The number of aromatic nitrogens is 4. The highest BCUT2D eigenvalue weighted by atomic mass is 16.3. The second-order valence-corrected chi connectivity index (χ2v) is 8.24. The van der Waals surface area contributed by atoms with Crippen molar-refractivity contribution in [2.75, 3.05) is 28.7 Å². The fourth-order valence-electron chi connectivity index (χ4n) is 3.91. The summed E-state index contributed by atoms with van der Waals surface area (Å²) in [5, 5.41) is 20.4. The second-order valence-electron chi connectivity index (χ2n) is 8.24. The van der Waals surface area contributed by atoms with E-state index in [1.165, 1.54) is 6.92 Å². The second kappa shape index (κ2) is 8.89. The van der Waals surface area contributed by atoms with Crippen LogP contribution in [0, 0.1) is 0 Å². The number of nitrogens with zero attached hydrogens (tertiary/aromatic N) is 5. The molecule has 31 heavy (non-hydrogen) atoms. The summed E-state index contributed by atoms with van der Waals surface area (Å²) in [4.78, 5) is 22.9. The van der Waals surface area contributed by atoms with Crippen LogP contribution in [0.2, 0.25) is 0 Å². The molecule has 1 atom stereocenters. The lowest BCUT2D eigenvalue weighted by molar-refractivity contribution is -0.114. The summed E-state index contributed by atoms with van der Waals surface area (Å²) >= 11 is 0. The molecule has 2 aromatic heterocycles. The molecule has 3 aromatic rings. The molecule has 0 radical (unpaired) electrons. The third-order valence-electron chi connectivity index (χ3n) is 5.58. The van der Waals surface area contributed by atoms with Gasteiger partial charge in [0.2, 0.25) is 17.8 Å². The third-order valence-corrected chi connectivity index (χ3v) is 5.58. The zero-order valence-electron chi connectivity index (χ0n) is 18.2. The summed E-state index contributed by atoms with van der Waals surface area (Å²) in [5.41, 5.74) is 3.66. The topological polar surface area (TPSA) is 108 Å². The van der Waals surface area contributed by atoms with Crippen molar-refractivity contribution < 1.29 is 9.90 Å². The number of hydrogen-bond donors (Lipinski definition) is 3.